The van der Waals surface area contributed by atoms with E-state index in [0.717, 1.165) is 30.9 Å². The number of anilines is 1. The van der Waals surface area contributed by atoms with Crippen molar-refractivity contribution in [1.82, 2.24) is 15.0 Å². The molecule has 0 aromatic carbocycles. The zero-order valence-electron chi connectivity index (χ0n) is 8.06. The fraction of sp³-hybridized carbons (Fsp3) is 0.750. The molecule has 2 rings (SSSR count). The van der Waals surface area contributed by atoms with Crippen molar-refractivity contribution < 1.29 is 4.74 Å². The molecule has 2 heterocycles. The van der Waals surface area contributed by atoms with Crippen molar-refractivity contribution in [2.24, 2.45) is 7.05 Å². The van der Waals surface area contributed by atoms with Gasteiger partial charge >= 0.3 is 0 Å². The van der Waals surface area contributed by atoms with Crippen LogP contribution >= 0.6 is 15.9 Å². The van der Waals surface area contributed by atoms with E-state index in [0.29, 0.717) is 6.04 Å². The Morgan fingerprint density at radius 1 is 1.71 bits per heavy atom. The molecule has 1 aromatic rings. The van der Waals surface area contributed by atoms with E-state index in [2.05, 4.69) is 31.1 Å². The SMILES string of the molecule is Cn1nncc1N1CCOCC1CBr. The number of rotatable bonds is 2. The van der Waals surface area contributed by atoms with Gasteiger partial charge in [-0.3, -0.25) is 0 Å². The van der Waals surface area contributed by atoms with Crippen LogP contribution in [-0.4, -0.2) is 46.1 Å². The fourth-order valence-electron chi connectivity index (χ4n) is 1.63. The van der Waals surface area contributed by atoms with Crippen LogP contribution < -0.4 is 4.90 Å². The minimum absolute atomic E-state index is 0.376. The first-order valence-electron chi connectivity index (χ1n) is 4.58. The van der Waals surface area contributed by atoms with E-state index in [1.165, 1.54) is 0 Å². The lowest BCUT2D eigenvalue weighted by Crippen LogP contribution is -2.47. The number of alkyl halides is 1. The molecule has 1 aliphatic heterocycles. The van der Waals surface area contributed by atoms with Gasteiger partial charge in [-0.05, 0) is 0 Å². The second-order valence-electron chi connectivity index (χ2n) is 3.29. The lowest BCUT2D eigenvalue weighted by Gasteiger charge is -2.35. The Kier molecular flexibility index (Phi) is 3.02. The summed E-state index contributed by atoms with van der Waals surface area (Å²) in [6.45, 7) is 2.43. The molecule has 5 nitrogen and oxygen atoms in total. The summed E-state index contributed by atoms with van der Waals surface area (Å²) in [6, 6.07) is 0.376. The van der Waals surface area contributed by atoms with Gasteiger partial charge in [0, 0.05) is 18.9 Å². The second-order valence-corrected chi connectivity index (χ2v) is 3.94. The number of aromatic nitrogens is 3. The Morgan fingerprint density at radius 3 is 3.21 bits per heavy atom. The highest BCUT2D eigenvalue weighted by Crippen LogP contribution is 2.18. The smallest absolute Gasteiger partial charge is 0.147 e. The Morgan fingerprint density at radius 2 is 2.57 bits per heavy atom. The molecule has 1 atom stereocenters. The zero-order valence-corrected chi connectivity index (χ0v) is 9.64. The molecular formula is C8H13BrN4O. The molecule has 0 aliphatic carbocycles. The van der Waals surface area contributed by atoms with Gasteiger partial charge in [0.2, 0.25) is 0 Å². The molecular weight excluding hydrogens is 248 g/mol. The summed E-state index contributed by atoms with van der Waals surface area (Å²) in [5, 5.41) is 8.71. The van der Waals surface area contributed by atoms with Gasteiger partial charge in [-0.1, -0.05) is 21.1 Å². The summed E-state index contributed by atoms with van der Waals surface area (Å²) in [6.07, 6.45) is 1.79. The van der Waals surface area contributed by atoms with Crippen molar-refractivity contribution in [3.8, 4) is 0 Å². The van der Waals surface area contributed by atoms with Crippen molar-refractivity contribution in [3.05, 3.63) is 6.20 Å². The van der Waals surface area contributed by atoms with Crippen LogP contribution in [0.25, 0.3) is 0 Å². The third-order valence-corrected chi connectivity index (χ3v) is 3.14. The first kappa shape index (κ1) is 9.92. The largest absolute Gasteiger partial charge is 0.377 e. The summed E-state index contributed by atoms with van der Waals surface area (Å²) in [4.78, 5) is 2.28. The number of hydrogen-bond acceptors (Lipinski definition) is 4. The van der Waals surface area contributed by atoms with Crippen molar-refractivity contribution in [2.75, 3.05) is 30.0 Å². The molecule has 1 unspecified atom stereocenters. The van der Waals surface area contributed by atoms with Crippen LogP contribution in [0.4, 0.5) is 5.82 Å². The Hall–Kier alpha value is -0.620. The van der Waals surface area contributed by atoms with E-state index in [1.54, 1.807) is 10.9 Å². The molecule has 0 bridgehead atoms. The van der Waals surface area contributed by atoms with Crippen LogP contribution in [0.15, 0.2) is 6.20 Å². The van der Waals surface area contributed by atoms with Crippen molar-refractivity contribution in [1.29, 1.82) is 0 Å². The third kappa shape index (κ3) is 1.76. The number of nitrogens with zero attached hydrogens (tertiary/aromatic N) is 4. The molecule has 0 spiro atoms. The number of ether oxygens (including phenoxy) is 1. The highest BCUT2D eigenvalue weighted by atomic mass is 79.9. The van der Waals surface area contributed by atoms with Crippen LogP contribution in [-0.2, 0) is 11.8 Å². The number of aryl methyl sites for hydroxylation is 1. The minimum Gasteiger partial charge on any atom is -0.377 e. The third-order valence-electron chi connectivity index (χ3n) is 2.39. The maximum atomic E-state index is 5.42. The van der Waals surface area contributed by atoms with Crippen LogP contribution in [0.1, 0.15) is 0 Å². The van der Waals surface area contributed by atoms with Crippen LogP contribution in [0.2, 0.25) is 0 Å². The van der Waals surface area contributed by atoms with Gasteiger partial charge in [-0.2, -0.15) is 0 Å². The first-order valence-corrected chi connectivity index (χ1v) is 5.70. The van der Waals surface area contributed by atoms with E-state index in [1.807, 2.05) is 7.05 Å². The minimum atomic E-state index is 0.376. The normalized spacial score (nSPS) is 22.7. The summed E-state index contributed by atoms with van der Waals surface area (Å²) in [5.74, 6) is 1.05. The van der Waals surface area contributed by atoms with Crippen molar-refractivity contribution in [3.63, 3.8) is 0 Å². The highest BCUT2D eigenvalue weighted by molar-refractivity contribution is 9.09. The number of halogens is 1. The van der Waals surface area contributed by atoms with Crippen LogP contribution in [0.3, 0.4) is 0 Å². The van der Waals surface area contributed by atoms with Gasteiger partial charge in [0.15, 0.2) is 0 Å². The molecule has 14 heavy (non-hydrogen) atoms. The molecule has 6 heteroatoms. The molecule has 0 N–H and O–H groups in total. The van der Waals surface area contributed by atoms with E-state index in [9.17, 15) is 0 Å². The second kappa shape index (κ2) is 4.27. The Balaban J connectivity index is 2.19. The molecule has 1 fully saturated rings. The van der Waals surface area contributed by atoms with E-state index in [4.69, 9.17) is 4.74 Å². The summed E-state index contributed by atoms with van der Waals surface area (Å²) in [5.41, 5.74) is 0. The average Bonchev–Trinajstić information content (AvgIpc) is 2.64. The quantitative estimate of drug-likeness (QED) is 0.723. The standard InChI is InChI=1S/C8H13BrN4O/c1-12-8(5-10-11-12)13-2-3-14-6-7(13)4-9/h5,7H,2-4,6H2,1H3. The van der Waals surface area contributed by atoms with Crippen molar-refractivity contribution >= 4 is 21.7 Å². The van der Waals surface area contributed by atoms with Gasteiger partial charge < -0.3 is 9.64 Å². The van der Waals surface area contributed by atoms with Crippen LogP contribution in [0, 0.1) is 0 Å². The predicted octanol–water partition coefficient (Wildman–Crippen LogP) is 0.415. The Bertz CT molecular complexity index is 303. The van der Waals surface area contributed by atoms with Gasteiger partial charge in [-0.15, -0.1) is 5.10 Å². The summed E-state index contributed by atoms with van der Waals surface area (Å²) < 4.78 is 7.21. The lowest BCUT2D eigenvalue weighted by atomic mass is 10.2. The van der Waals surface area contributed by atoms with Gasteiger partial charge in [0.1, 0.15) is 5.82 Å². The molecule has 1 aliphatic rings. The van der Waals surface area contributed by atoms with Gasteiger partial charge in [-0.25, -0.2) is 4.68 Å². The molecule has 1 aromatic heterocycles. The van der Waals surface area contributed by atoms with Gasteiger partial charge in [0.25, 0.3) is 0 Å². The topological polar surface area (TPSA) is 43.2 Å². The van der Waals surface area contributed by atoms with E-state index in [-0.39, 0.29) is 0 Å². The van der Waals surface area contributed by atoms with E-state index >= 15 is 0 Å². The summed E-state index contributed by atoms with van der Waals surface area (Å²) >= 11 is 3.49. The molecule has 1 saturated heterocycles. The zero-order chi connectivity index (χ0) is 9.97. The first-order chi connectivity index (χ1) is 6.83. The monoisotopic (exact) mass is 260 g/mol. The number of hydrogen-bond donors (Lipinski definition) is 0. The summed E-state index contributed by atoms with van der Waals surface area (Å²) in [7, 11) is 1.91. The average molecular weight is 261 g/mol. The Labute approximate surface area is 91.2 Å². The van der Waals surface area contributed by atoms with Crippen LogP contribution in [0.5, 0.6) is 0 Å². The maximum Gasteiger partial charge on any atom is 0.147 e. The highest BCUT2D eigenvalue weighted by Gasteiger charge is 2.24. The molecule has 78 valence electrons. The molecule has 0 radical (unpaired) electrons. The number of morpholine rings is 1. The molecule has 0 saturated carbocycles. The fourth-order valence-corrected chi connectivity index (χ4v) is 2.17. The lowest BCUT2D eigenvalue weighted by molar-refractivity contribution is 0.0996. The van der Waals surface area contributed by atoms with E-state index < -0.39 is 0 Å². The van der Waals surface area contributed by atoms with Gasteiger partial charge in [0.05, 0.1) is 25.5 Å². The predicted molar refractivity (Wildman–Crippen MR) is 56.8 cm³/mol. The molecule has 0 amide bonds. The van der Waals surface area contributed by atoms with Crippen molar-refractivity contribution in [2.45, 2.75) is 6.04 Å². The maximum absolute atomic E-state index is 5.42.